The van der Waals surface area contributed by atoms with Gasteiger partial charge in [0.15, 0.2) is 0 Å². The zero-order chi connectivity index (χ0) is 17.3. The van der Waals surface area contributed by atoms with Crippen LogP contribution in [0.2, 0.25) is 0 Å². The van der Waals surface area contributed by atoms with E-state index < -0.39 is 23.7 Å². The number of rotatable bonds is 4. The Hall–Kier alpha value is -2.65. The van der Waals surface area contributed by atoms with Gasteiger partial charge in [-0.1, -0.05) is 11.2 Å². The second kappa shape index (κ2) is 6.10. The van der Waals surface area contributed by atoms with Crippen molar-refractivity contribution in [3.8, 4) is 11.4 Å². The lowest BCUT2D eigenvalue weighted by Gasteiger charge is -2.07. The largest absolute Gasteiger partial charge is 0.471 e. The molecule has 2 aromatic rings. The van der Waals surface area contributed by atoms with E-state index in [1.165, 1.54) is 12.1 Å². The summed E-state index contributed by atoms with van der Waals surface area (Å²) in [6.45, 7) is 0.0792. The monoisotopic (exact) mass is 344 g/mol. The zero-order valence-corrected chi connectivity index (χ0v) is 12.2. The van der Waals surface area contributed by atoms with Crippen LogP contribution in [0.25, 0.3) is 11.4 Å². The summed E-state index contributed by atoms with van der Waals surface area (Å²) in [6.07, 6.45) is -2.90. The van der Waals surface area contributed by atoms with E-state index in [1.54, 1.807) is 0 Å². The minimum Gasteiger partial charge on any atom is -0.335 e. The fraction of sp³-hybridized carbons (Fsp3) is 0.357. The highest BCUT2D eigenvalue weighted by molar-refractivity contribution is 5.74. The maximum Gasteiger partial charge on any atom is 0.471 e. The van der Waals surface area contributed by atoms with Crippen molar-refractivity contribution in [1.29, 1.82) is 0 Å². The maximum atomic E-state index is 14.1. The summed E-state index contributed by atoms with van der Waals surface area (Å²) in [4.78, 5) is 14.6. The lowest BCUT2D eigenvalue weighted by Crippen LogP contribution is -2.36. The van der Waals surface area contributed by atoms with E-state index in [-0.39, 0.29) is 24.2 Å². The average molecular weight is 344 g/mol. The number of benzene rings is 1. The van der Waals surface area contributed by atoms with Crippen molar-refractivity contribution in [1.82, 2.24) is 20.8 Å². The topological polar surface area (TPSA) is 80.1 Å². The third kappa shape index (κ3) is 3.81. The van der Waals surface area contributed by atoms with Crippen LogP contribution in [0.5, 0.6) is 0 Å². The van der Waals surface area contributed by atoms with Gasteiger partial charge in [0, 0.05) is 12.6 Å². The molecule has 0 radical (unpaired) electrons. The van der Waals surface area contributed by atoms with Crippen molar-refractivity contribution in [2.45, 2.75) is 31.6 Å². The van der Waals surface area contributed by atoms with Gasteiger partial charge < -0.3 is 15.2 Å². The van der Waals surface area contributed by atoms with E-state index in [0.29, 0.717) is 5.56 Å². The lowest BCUT2D eigenvalue weighted by atomic mass is 10.1. The first-order valence-corrected chi connectivity index (χ1v) is 7.07. The molecule has 2 N–H and O–H groups in total. The Morgan fingerprint density at radius 2 is 2.08 bits per heavy atom. The number of amides is 2. The predicted molar refractivity (Wildman–Crippen MR) is 73.1 cm³/mol. The molecule has 128 valence electrons. The van der Waals surface area contributed by atoms with Crippen molar-refractivity contribution in [2.75, 3.05) is 0 Å². The molecule has 1 heterocycles. The van der Waals surface area contributed by atoms with Gasteiger partial charge in [0.05, 0.1) is 5.56 Å². The van der Waals surface area contributed by atoms with Crippen LogP contribution in [0.4, 0.5) is 22.4 Å². The van der Waals surface area contributed by atoms with Gasteiger partial charge in [0.1, 0.15) is 5.82 Å². The molecule has 10 heteroatoms. The molecule has 0 unspecified atom stereocenters. The van der Waals surface area contributed by atoms with Gasteiger partial charge in [0.2, 0.25) is 5.82 Å². The number of alkyl halides is 3. The van der Waals surface area contributed by atoms with Crippen molar-refractivity contribution >= 4 is 6.03 Å². The Bertz CT molecular complexity index is 755. The molecule has 1 aromatic carbocycles. The Kier molecular flexibility index (Phi) is 4.12. The number of carbonyl (C=O) groups excluding carboxylic acids is 1. The number of urea groups is 1. The van der Waals surface area contributed by atoms with Crippen LogP contribution in [0.15, 0.2) is 22.7 Å². The van der Waals surface area contributed by atoms with Crippen LogP contribution >= 0.6 is 0 Å². The third-order valence-electron chi connectivity index (χ3n) is 3.31. The standard InChI is InChI=1S/C14H12F4N4O2/c15-10-5-7(6-19-13(23)20-8-2-3-8)1-4-9(10)11-21-12(24-22-11)14(16,17)18/h1,4-5,8H,2-3,6H2,(H2,19,20,23). The summed E-state index contributed by atoms with van der Waals surface area (Å²) >= 11 is 0. The molecule has 0 atom stereocenters. The molecule has 6 nitrogen and oxygen atoms in total. The first kappa shape index (κ1) is 16.2. The lowest BCUT2D eigenvalue weighted by molar-refractivity contribution is -0.159. The number of aromatic nitrogens is 2. The minimum absolute atomic E-state index is 0.0792. The number of nitrogens with one attached hydrogen (secondary N) is 2. The number of hydrogen-bond donors (Lipinski definition) is 2. The third-order valence-corrected chi connectivity index (χ3v) is 3.31. The summed E-state index contributed by atoms with van der Waals surface area (Å²) in [5.41, 5.74) is 0.224. The molecule has 1 aliphatic carbocycles. The van der Waals surface area contributed by atoms with Crippen LogP contribution < -0.4 is 10.6 Å². The average Bonchev–Trinajstić information content (AvgIpc) is 3.16. The van der Waals surface area contributed by atoms with Crippen molar-refractivity contribution < 1.29 is 26.9 Å². The molecule has 1 saturated carbocycles. The summed E-state index contributed by atoms with van der Waals surface area (Å²) in [6, 6.07) is 3.63. The summed E-state index contributed by atoms with van der Waals surface area (Å²) < 4.78 is 55.4. The highest BCUT2D eigenvalue weighted by atomic mass is 19.4. The van der Waals surface area contributed by atoms with Crippen molar-refractivity contribution in [2.24, 2.45) is 0 Å². The molecule has 24 heavy (non-hydrogen) atoms. The van der Waals surface area contributed by atoms with Crippen molar-refractivity contribution in [3.63, 3.8) is 0 Å². The number of halogens is 4. The maximum absolute atomic E-state index is 14.1. The van der Waals surface area contributed by atoms with E-state index in [4.69, 9.17) is 0 Å². The molecule has 1 aliphatic rings. The molecular weight excluding hydrogens is 332 g/mol. The van der Waals surface area contributed by atoms with E-state index in [9.17, 15) is 22.4 Å². The highest BCUT2D eigenvalue weighted by Crippen LogP contribution is 2.30. The molecule has 1 aromatic heterocycles. The zero-order valence-electron chi connectivity index (χ0n) is 12.2. The quantitative estimate of drug-likeness (QED) is 0.836. The molecule has 0 bridgehead atoms. The van der Waals surface area contributed by atoms with Gasteiger partial charge in [0.25, 0.3) is 0 Å². The van der Waals surface area contributed by atoms with Crippen LogP contribution in [-0.2, 0) is 12.7 Å². The molecule has 0 aliphatic heterocycles. The van der Waals surface area contributed by atoms with Crippen molar-refractivity contribution in [3.05, 3.63) is 35.5 Å². The van der Waals surface area contributed by atoms with E-state index in [1.807, 2.05) is 0 Å². The van der Waals surface area contributed by atoms with Gasteiger partial charge in [-0.05, 0) is 30.5 Å². The number of nitrogens with zero attached hydrogens (tertiary/aromatic N) is 2. The molecule has 1 fully saturated rings. The molecule has 0 spiro atoms. The smallest absolute Gasteiger partial charge is 0.335 e. The fourth-order valence-electron chi connectivity index (χ4n) is 1.94. The SMILES string of the molecule is O=C(NCc1ccc(-c2noc(C(F)(F)F)n2)c(F)c1)NC1CC1. The van der Waals surface area contributed by atoms with Crippen LogP contribution in [-0.4, -0.2) is 22.2 Å². The highest BCUT2D eigenvalue weighted by Gasteiger charge is 2.38. The first-order valence-electron chi connectivity index (χ1n) is 7.07. The summed E-state index contributed by atoms with van der Waals surface area (Å²) in [7, 11) is 0. The molecule has 0 saturated heterocycles. The normalized spacial score (nSPS) is 14.5. The Morgan fingerprint density at radius 1 is 1.33 bits per heavy atom. The molecule has 3 rings (SSSR count). The molecule has 2 amide bonds. The summed E-state index contributed by atoms with van der Waals surface area (Å²) in [5, 5.41) is 8.41. The Labute approximate surface area is 133 Å². The second-order valence-corrected chi connectivity index (χ2v) is 5.34. The Balaban J connectivity index is 1.67. The number of carbonyl (C=O) groups is 1. The predicted octanol–water partition coefficient (Wildman–Crippen LogP) is 2.86. The Morgan fingerprint density at radius 3 is 2.67 bits per heavy atom. The fourth-order valence-corrected chi connectivity index (χ4v) is 1.94. The van der Waals surface area contributed by atoms with E-state index >= 15 is 0 Å². The number of hydrogen-bond acceptors (Lipinski definition) is 4. The van der Waals surface area contributed by atoms with E-state index in [2.05, 4.69) is 25.3 Å². The minimum atomic E-state index is -4.79. The second-order valence-electron chi connectivity index (χ2n) is 5.34. The van der Waals surface area contributed by atoms with Gasteiger partial charge in [-0.2, -0.15) is 18.2 Å². The van der Waals surface area contributed by atoms with Gasteiger partial charge >= 0.3 is 18.1 Å². The summed E-state index contributed by atoms with van der Waals surface area (Å²) in [5.74, 6) is -2.85. The first-order chi connectivity index (χ1) is 11.3. The van der Waals surface area contributed by atoms with E-state index in [0.717, 1.165) is 18.9 Å². The van der Waals surface area contributed by atoms with Crippen LogP contribution in [0.1, 0.15) is 24.3 Å². The van der Waals surface area contributed by atoms with Gasteiger partial charge in [-0.25, -0.2) is 9.18 Å². The van der Waals surface area contributed by atoms with Crippen LogP contribution in [0.3, 0.4) is 0 Å². The molecular formula is C14H12F4N4O2. The van der Waals surface area contributed by atoms with Gasteiger partial charge in [-0.15, -0.1) is 0 Å². The van der Waals surface area contributed by atoms with Gasteiger partial charge in [-0.3, -0.25) is 0 Å². The van der Waals surface area contributed by atoms with Crippen LogP contribution in [0, 0.1) is 5.82 Å².